The lowest BCUT2D eigenvalue weighted by Crippen LogP contribution is -2.28. The second-order valence-electron chi connectivity index (χ2n) is 7.01. The van der Waals surface area contributed by atoms with E-state index in [0.29, 0.717) is 6.42 Å². The van der Waals surface area contributed by atoms with Crippen molar-refractivity contribution >= 4 is 17.9 Å². The van der Waals surface area contributed by atoms with Crippen LogP contribution >= 0.6 is 0 Å². The number of hydrogen-bond donors (Lipinski definition) is 0. The number of hydrogen-bond acceptors (Lipinski definition) is 6. The van der Waals surface area contributed by atoms with Crippen LogP contribution in [0.15, 0.2) is 18.2 Å². The van der Waals surface area contributed by atoms with Gasteiger partial charge in [0.25, 0.3) is 0 Å². The van der Waals surface area contributed by atoms with Crippen LogP contribution in [0.5, 0.6) is 0 Å². The number of carbonyl (C=O) groups excluding carboxylic acids is 3. The molecule has 6 nitrogen and oxygen atoms in total. The molecule has 1 aromatic rings. The maximum absolute atomic E-state index is 12.1. The minimum atomic E-state index is -1.63. The van der Waals surface area contributed by atoms with E-state index < -0.39 is 23.5 Å². The third kappa shape index (κ3) is 9.02. The van der Waals surface area contributed by atoms with Crippen LogP contribution in [0.1, 0.15) is 109 Å². The zero-order chi connectivity index (χ0) is 20.8. The lowest BCUT2D eigenvalue weighted by Gasteiger charge is -2.12. The molecule has 0 fully saturated rings. The molecule has 0 saturated heterocycles. The highest BCUT2D eigenvalue weighted by Crippen LogP contribution is 2.14. The van der Waals surface area contributed by atoms with Crippen molar-refractivity contribution in [3.05, 3.63) is 34.9 Å². The summed E-state index contributed by atoms with van der Waals surface area (Å²) in [6, 6.07) is 3.07. The molecular formula is C22H30O6-2. The SMILES string of the molecule is CCCCCCCCCCCCCOC(=O)c1ccc(C(=O)[O-])cc1C(=O)[O-]. The van der Waals surface area contributed by atoms with Crippen molar-refractivity contribution in [2.24, 2.45) is 0 Å². The van der Waals surface area contributed by atoms with E-state index in [0.717, 1.165) is 31.0 Å². The highest BCUT2D eigenvalue weighted by molar-refractivity contribution is 6.03. The van der Waals surface area contributed by atoms with E-state index in [4.69, 9.17) is 4.74 Å². The molecule has 0 aliphatic heterocycles. The summed E-state index contributed by atoms with van der Waals surface area (Å²) >= 11 is 0. The number of unbranched alkanes of at least 4 members (excludes halogenated alkanes) is 10. The fraction of sp³-hybridized carbons (Fsp3) is 0.591. The largest absolute Gasteiger partial charge is 0.545 e. The lowest BCUT2D eigenvalue weighted by atomic mass is 10.0. The van der Waals surface area contributed by atoms with E-state index >= 15 is 0 Å². The van der Waals surface area contributed by atoms with Gasteiger partial charge in [-0.25, -0.2) is 4.79 Å². The van der Waals surface area contributed by atoms with Gasteiger partial charge in [0.2, 0.25) is 0 Å². The first kappa shape index (κ1) is 23.7. The summed E-state index contributed by atoms with van der Waals surface area (Å²) in [6.07, 6.45) is 12.9. The Morgan fingerprint density at radius 2 is 1.29 bits per heavy atom. The van der Waals surface area contributed by atoms with Crippen LogP contribution in [0.2, 0.25) is 0 Å². The summed E-state index contributed by atoms with van der Waals surface area (Å²) in [5.74, 6) is -3.95. The summed E-state index contributed by atoms with van der Waals surface area (Å²) < 4.78 is 5.11. The van der Waals surface area contributed by atoms with E-state index in [-0.39, 0.29) is 17.7 Å². The number of ether oxygens (including phenoxy) is 1. The van der Waals surface area contributed by atoms with Crippen LogP contribution in [-0.4, -0.2) is 24.5 Å². The summed E-state index contributed by atoms with van der Waals surface area (Å²) in [5, 5.41) is 22.0. The van der Waals surface area contributed by atoms with Crippen LogP contribution in [0.4, 0.5) is 0 Å². The molecule has 156 valence electrons. The number of rotatable bonds is 15. The van der Waals surface area contributed by atoms with Gasteiger partial charge in [-0.3, -0.25) is 0 Å². The topological polar surface area (TPSA) is 107 Å². The van der Waals surface area contributed by atoms with Gasteiger partial charge in [-0.05, 0) is 24.1 Å². The molecule has 1 rings (SSSR count). The standard InChI is InChI=1S/C22H32O6/c1-2-3-4-5-6-7-8-9-10-11-12-15-28-22(27)18-14-13-17(20(23)24)16-19(18)21(25)26/h13-14,16H,2-12,15H2,1H3,(H,23,24)(H,25,26)/p-2. The van der Waals surface area contributed by atoms with Gasteiger partial charge in [-0.1, -0.05) is 77.2 Å². The smallest absolute Gasteiger partial charge is 0.338 e. The molecular weight excluding hydrogens is 360 g/mol. The average Bonchev–Trinajstić information content (AvgIpc) is 2.68. The maximum atomic E-state index is 12.1. The highest BCUT2D eigenvalue weighted by Gasteiger charge is 2.14. The number of aromatic carboxylic acids is 2. The number of esters is 1. The predicted molar refractivity (Wildman–Crippen MR) is 102 cm³/mol. The van der Waals surface area contributed by atoms with Crippen molar-refractivity contribution in [3.8, 4) is 0 Å². The van der Waals surface area contributed by atoms with Crippen molar-refractivity contribution in [3.63, 3.8) is 0 Å². The third-order valence-electron chi connectivity index (χ3n) is 4.68. The van der Waals surface area contributed by atoms with Crippen LogP contribution in [0.3, 0.4) is 0 Å². The van der Waals surface area contributed by atoms with Gasteiger partial charge >= 0.3 is 5.97 Å². The zero-order valence-corrected chi connectivity index (χ0v) is 16.7. The molecule has 1 aromatic carbocycles. The van der Waals surface area contributed by atoms with E-state index in [1.54, 1.807) is 0 Å². The summed E-state index contributed by atoms with van der Waals surface area (Å²) in [5.41, 5.74) is -1.06. The summed E-state index contributed by atoms with van der Waals surface area (Å²) in [6.45, 7) is 2.41. The molecule has 0 heterocycles. The minimum absolute atomic E-state index is 0.199. The first-order chi connectivity index (χ1) is 13.5. The fourth-order valence-corrected chi connectivity index (χ4v) is 3.03. The van der Waals surface area contributed by atoms with Crippen molar-refractivity contribution in [2.45, 2.75) is 77.6 Å². The second kappa shape index (κ2) is 13.7. The molecule has 0 aliphatic rings. The Morgan fingerprint density at radius 3 is 1.79 bits per heavy atom. The van der Waals surface area contributed by atoms with Crippen LogP contribution in [0.25, 0.3) is 0 Å². The Bertz CT molecular complexity index is 638. The Morgan fingerprint density at radius 1 is 0.750 bits per heavy atom. The van der Waals surface area contributed by atoms with Crippen molar-refractivity contribution in [1.29, 1.82) is 0 Å². The van der Waals surface area contributed by atoms with Gasteiger partial charge in [0.1, 0.15) is 0 Å². The predicted octanol–water partition coefficient (Wildman–Crippen LogP) is 2.88. The maximum Gasteiger partial charge on any atom is 0.338 e. The van der Waals surface area contributed by atoms with Crippen LogP contribution in [0, 0.1) is 0 Å². The van der Waals surface area contributed by atoms with Crippen LogP contribution < -0.4 is 10.2 Å². The normalized spacial score (nSPS) is 10.6. The number of carboxylic acids is 2. The second-order valence-corrected chi connectivity index (χ2v) is 7.01. The van der Waals surface area contributed by atoms with Gasteiger partial charge in [0.05, 0.1) is 24.1 Å². The van der Waals surface area contributed by atoms with E-state index in [2.05, 4.69) is 6.92 Å². The van der Waals surface area contributed by atoms with Crippen LogP contribution in [-0.2, 0) is 4.74 Å². The summed E-state index contributed by atoms with van der Waals surface area (Å²) in [4.78, 5) is 34.0. The number of carbonyl (C=O) groups is 3. The first-order valence-electron chi connectivity index (χ1n) is 10.2. The van der Waals surface area contributed by atoms with Gasteiger partial charge in [0.15, 0.2) is 0 Å². The summed E-state index contributed by atoms with van der Waals surface area (Å²) in [7, 11) is 0. The number of carboxylic acid groups (broad SMARTS) is 2. The highest BCUT2D eigenvalue weighted by atomic mass is 16.5. The van der Waals surface area contributed by atoms with Crippen molar-refractivity contribution < 1.29 is 29.3 Å². The number of benzene rings is 1. The molecule has 0 amide bonds. The first-order valence-corrected chi connectivity index (χ1v) is 10.2. The molecule has 0 aliphatic carbocycles. The fourth-order valence-electron chi connectivity index (χ4n) is 3.03. The molecule has 0 saturated carbocycles. The Kier molecular flexibility index (Phi) is 11.6. The molecule has 28 heavy (non-hydrogen) atoms. The molecule has 0 atom stereocenters. The molecule has 0 N–H and O–H groups in total. The Hall–Kier alpha value is -2.37. The molecule has 0 aromatic heterocycles. The van der Waals surface area contributed by atoms with Crippen molar-refractivity contribution in [2.75, 3.05) is 6.61 Å². The molecule has 0 radical (unpaired) electrons. The van der Waals surface area contributed by atoms with E-state index in [1.807, 2.05) is 0 Å². The van der Waals surface area contributed by atoms with Gasteiger partial charge in [-0.15, -0.1) is 0 Å². The van der Waals surface area contributed by atoms with E-state index in [1.165, 1.54) is 51.4 Å². The Balaban J connectivity index is 2.23. The monoisotopic (exact) mass is 390 g/mol. The van der Waals surface area contributed by atoms with Crippen molar-refractivity contribution in [1.82, 2.24) is 0 Å². The molecule has 0 spiro atoms. The van der Waals surface area contributed by atoms with Gasteiger partial charge in [-0.2, -0.15) is 0 Å². The Labute approximate surface area is 166 Å². The van der Waals surface area contributed by atoms with Gasteiger partial charge < -0.3 is 24.5 Å². The third-order valence-corrected chi connectivity index (χ3v) is 4.68. The molecule has 0 unspecified atom stereocenters. The molecule has 6 heteroatoms. The zero-order valence-electron chi connectivity index (χ0n) is 16.7. The minimum Gasteiger partial charge on any atom is -0.545 e. The average molecular weight is 390 g/mol. The quantitative estimate of drug-likeness (QED) is 0.337. The van der Waals surface area contributed by atoms with E-state index in [9.17, 15) is 24.6 Å². The molecule has 0 bridgehead atoms. The van der Waals surface area contributed by atoms with Gasteiger partial charge in [0, 0.05) is 5.56 Å². The lowest BCUT2D eigenvalue weighted by molar-refractivity contribution is -0.255.